The minimum atomic E-state index is -5.17. The van der Waals surface area contributed by atoms with Crippen molar-refractivity contribution in [1.29, 1.82) is 5.41 Å². The zero-order valence-electron chi connectivity index (χ0n) is 9.15. The summed E-state index contributed by atoms with van der Waals surface area (Å²) in [6, 6.07) is 2.56. The number of anilines is 1. The second kappa shape index (κ2) is 4.90. The molecule has 98 valence electrons. The molecule has 1 heterocycles. The van der Waals surface area contributed by atoms with Gasteiger partial charge in [0.1, 0.15) is 0 Å². The van der Waals surface area contributed by atoms with Crippen LogP contribution in [-0.4, -0.2) is 23.1 Å². The number of alkyl halides is 3. The number of rotatable bonds is 1. The van der Waals surface area contributed by atoms with Crippen molar-refractivity contribution in [2.45, 2.75) is 13.1 Å². The number of hydrogen-bond acceptors (Lipinski definition) is 4. The second-order valence-electron chi connectivity index (χ2n) is 3.21. The van der Waals surface area contributed by atoms with Crippen molar-refractivity contribution >= 4 is 17.6 Å². The fourth-order valence-electron chi connectivity index (χ4n) is 1.03. The van der Waals surface area contributed by atoms with E-state index < -0.39 is 18.1 Å². The van der Waals surface area contributed by atoms with E-state index in [1.54, 1.807) is 6.92 Å². The van der Waals surface area contributed by atoms with E-state index in [1.807, 2.05) is 0 Å². The van der Waals surface area contributed by atoms with Crippen molar-refractivity contribution in [1.82, 2.24) is 4.98 Å². The van der Waals surface area contributed by atoms with Crippen LogP contribution >= 0.6 is 0 Å². The van der Waals surface area contributed by atoms with Gasteiger partial charge in [0.15, 0.2) is 0 Å². The quantitative estimate of drug-likeness (QED) is 0.449. The van der Waals surface area contributed by atoms with E-state index in [4.69, 9.17) is 11.1 Å². The number of halogens is 3. The van der Waals surface area contributed by atoms with Crippen LogP contribution in [0.5, 0.6) is 0 Å². The van der Waals surface area contributed by atoms with E-state index >= 15 is 0 Å². The van der Waals surface area contributed by atoms with Gasteiger partial charge in [-0.05, 0) is 19.1 Å². The van der Waals surface area contributed by atoms with Crippen LogP contribution < -0.4 is 10.8 Å². The van der Waals surface area contributed by atoms with Gasteiger partial charge in [0.25, 0.3) is 0 Å². The maximum absolute atomic E-state index is 12.0. The van der Waals surface area contributed by atoms with E-state index in [-0.39, 0.29) is 10.8 Å². The van der Waals surface area contributed by atoms with Crippen LogP contribution in [0.4, 0.5) is 18.9 Å². The number of hydroxylamine groups is 1. The van der Waals surface area contributed by atoms with E-state index in [1.165, 1.54) is 18.3 Å². The van der Waals surface area contributed by atoms with Gasteiger partial charge in [0.2, 0.25) is 5.96 Å². The molecule has 6 nitrogen and oxygen atoms in total. The molecule has 0 radical (unpaired) electrons. The van der Waals surface area contributed by atoms with Crippen molar-refractivity contribution in [2.75, 3.05) is 5.06 Å². The number of carbonyl (C=O) groups is 1. The number of hydrogen-bond donors (Lipinski definition) is 2. The Bertz CT molecular complexity index is 475. The predicted molar refractivity (Wildman–Crippen MR) is 55.5 cm³/mol. The number of guanidine groups is 1. The Balaban J connectivity index is 2.98. The lowest BCUT2D eigenvalue weighted by atomic mass is 10.3. The number of carbonyl (C=O) groups excluding carboxylic acids is 1. The summed E-state index contributed by atoms with van der Waals surface area (Å²) in [6.45, 7) is 1.58. The summed E-state index contributed by atoms with van der Waals surface area (Å²) in [6.07, 6.45) is -3.89. The molecular formula is C9H9F3N4O2. The first-order valence-electron chi connectivity index (χ1n) is 4.57. The molecule has 0 spiro atoms. The average Bonchev–Trinajstić information content (AvgIpc) is 2.23. The lowest BCUT2D eigenvalue weighted by molar-refractivity contribution is -0.199. The summed E-state index contributed by atoms with van der Waals surface area (Å²) < 4.78 is 36.1. The van der Waals surface area contributed by atoms with Crippen LogP contribution in [0, 0.1) is 12.3 Å². The highest BCUT2D eigenvalue weighted by Gasteiger charge is 2.43. The topological polar surface area (TPSA) is 92.3 Å². The van der Waals surface area contributed by atoms with E-state index in [9.17, 15) is 18.0 Å². The zero-order valence-corrected chi connectivity index (χ0v) is 9.15. The first-order valence-corrected chi connectivity index (χ1v) is 4.57. The fourth-order valence-corrected chi connectivity index (χ4v) is 1.03. The molecule has 0 atom stereocenters. The standard InChI is InChI=1S/C9H9F3N4O2/c1-5-4-6(2-3-15-5)16(8(13)14)18-7(17)9(10,11)12/h2-4H,1H3,(H3,13,14). The second-order valence-corrected chi connectivity index (χ2v) is 3.21. The summed E-state index contributed by atoms with van der Waals surface area (Å²) in [7, 11) is 0. The highest BCUT2D eigenvalue weighted by atomic mass is 19.4. The third-order valence-corrected chi connectivity index (χ3v) is 1.74. The van der Waals surface area contributed by atoms with Crippen LogP contribution in [0.2, 0.25) is 0 Å². The highest BCUT2D eigenvalue weighted by Crippen LogP contribution is 2.20. The maximum Gasteiger partial charge on any atom is 0.493 e. The number of nitrogens with zero attached hydrogens (tertiary/aromatic N) is 2. The molecule has 0 aliphatic rings. The van der Waals surface area contributed by atoms with Gasteiger partial charge >= 0.3 is 12.1 Å². The molecule has 3 N–H and O–H groups in total. The van der Waals surface area contributed by atoms with Crippen molar-refractivity contribution in [3.8, 4) is 0 Å². The van der Waals surface area contributed by atoms with Crippen molar-refractivity contribution in [2.24, 2.45) is 5.73 Å². The molecule has 1 aromatic rings. The van der Waals surface area contributed by atoms with Gasteiger partial charge in [-0.2, -0.15) is 13.2 Å². The Kier molecular flexibility index (Phi) is 3.74. The monoisotopic (exact) mass is 262 g/mol. The highest BCUT2D eigenvalue weighted by molar-refractivity contribution is 5.93. The molecule has 0 unspecified atom stereocenters. The fraction of sp³-hybridized carbons (Fsp3) is 0.222. The van der Waals surface area contributed by atoms with Crippen LogP contribution in [0.25, 0.3) is 0 Å². The van der Waals surface area contributed by atoms with Crippen LogP contribution in [0.1, 0.15) is 5.69 Å². The normalized spacial score (nSPS) is 10.9. The number of aromatic nitrogens is 1. The average molecular weight is 262 g/mol. The summed E-state index contributed by atoms with van der Waals surface area (Å²) >= 11 is 0. The van der Waals surface area contributed by atoms with E-state index in [0.29, 0.717) is 5.69 Å². The summed E-state index contributed by atoms with van der Waals surface area (Å²) in [5, 5.41) is 7.36. The van der Waals surface area contributed by atoms with Crippen LogP contribution in [0.15, 0.2) is 18.3 Å². The number of nitrogens with two attached hydrogens (primary N) is 1. The molecule has 0 saturated heterocycles. The molecule has 0 aromatic carbocycles. The molecule has 0 fully saturated rings. The Morgan fingerprint density at radius 1 is 1.56 bits per heavy atom. The lowest BCUT2D eigenvalue weighted by Crippen LogP contribution is -2.42. The maximum atomic E-state index is 12.0. The predicted octanol–water partition coefficient (Wildman–Crippen LogP) is 1.11. The van der Waals surface area contributed by atoms with Gasteiger partial charge < -0.3 is 10.6 Å². The van der Waals surface area contributed by atoms with E-state index in [0.717, 1.165) is 0 Å². The molecule has 18 heavy (non-hydrogen) atoms. The minimum Gasteiger partial charge on any atom is -0.367 e. The van der Waals surface area contributed by atoms with Gasteiger partial charge in [0.05, 0.1) is 5.69 Å². The Morgan fingerprint density at radius 3 is 2.61 bits per heavy atom. The SMILES string of the molecule is Cc1cc(N(OC(=O)C(F)(F)F)C(=N)N)ccn1. The Labute approximate surface area is 99.6 Å². The van der Waals surface area contributed by atoms with Gasteiger partial charge in [0, 0.05) is 11.9 Å². The van der Waals surface area contributed by atoms with Gasteiger partial charge in [-0.25, -0.2) is 4.79 Å². The van der Waals surface area contributed by atoms with Crippen molar-refractivity contribution < 1.29 is 22.8 Å². The minimum absolute atomic E-state index is 0.00685. The molecule has 1 aromatic heterocycles. The van der Waals surface area contributed by atoms with Gasteiger partial charge in [-0.3, -0.25) is 10.4 Å². The molecule has 9 heteroatoms. The molecule has 0 aliphatic heterocycles. The molecule has 0 saturated carbocycles. The zero-order chi connectivity index (χ0) is 13.9. The molecular weight excluding hydrogens is 253 g/mol. The molecule has 1 rings (SSSR count). The van der Waals surface area contributed by atoms with Crippen LogP contribution in [-0.2, 0) is 9.63 Å². The number of aryl methyl sites for hydroxylation is 1. The lowest BCUT2D eigenvalue weighted by Gasteiger charge is -2.21. The smallest absolute Gasteiger partial charge is 0.367 e. The Morgan fingerprint density at radius 2 is 2.17 bits per heavy atom. The third kappa shape index (κ3) is 3.34. The number of nitrogens with one attached hydrogen (secondary N) is 1. The van der Waals surface area contributed by atoms with Crippen molar-refractivity contribution in [3.63, 3.8) is 0 Å². The van der Waals surface area contributed by atoms with Crippen molar-refractivity contribution in [3.05, 3.63) is 24.0 Å². The largest absolute Gasteiger partial charge is 0.493 e. The number of pyridine rings is 1. The Hall–Kier alpha value is -2.32. The van der Waals surface area contributed by atoms with Gasteiger partial charge in [-0.1, -0.05) is 0 Å². The summed E-state index contributed by atoms with van der Waals surface area (Å²) in [4.78, 5) is 18.5. The molecule has 0 aliphatic carbocycles. The molecule has 0 amide bonds. The van der Waals surface area contributed by atoms with E-state index in [2.05, 4.69) is 9.82 Å². The first-order chi connectivity index (χ1) is 8.21. The third-order valence-electron chi connectivity index (χ3n) is 1.74. The van der Waals surface area contributed by atoms with Crippen LogP contribution in [0.3, 0.4) is 0 Å². The summed E-state index contributed by atoms with van der Waals surface area (Å²) in [5.41, 5.74) is 5.51. The van der Waals surface area contributed by atoms with Gasteiger partial charge in [-0.15, -0.1) is 5.06 Å². The first kappa shape index (κ1) is 13.7. The summed E-state index contributed by atoms with van der Waals surface area (Å²) in [5.74, 6) is -3.33. The molecule has 0 bridgehead atoms.